The van der Waals surface area contributed by atoms with Crippen LogP contribution in [0.15, 0.2) is 48.5 Å². The topological polar surface area (TPSA) is 75.7 Å². The van der Waals surface area contributed by atoms with Gasteiger partial charge in [0.05, 0.1) is 11.5 Å². The molecule has 0 aromatic heterocycles. The minimum atomic E-state index is -4.54. The summed E-state index contributed by atoms with van der Waals surface area (Å²) in [4.78, 5) is 38.0. The van der Waals surface area contributed by atoms with Gasteiger partial charge in [0.25, 0.3) is 5.91 Å². The van der Waals surface area contributed by atoms with Gasteiger partial charge >= 0.3 is 12.1 Å². The second-order valence-corrected chi connectivity index (χ2v) is 7.16. The maximum absolute atomic E-state index is 12.7. The maximum atomic E-state index is 12.7. The van der Waals surface area contributed by atoms with Crippen LogP contribution in [0.2, 0.25) is 0 Å². The Morgan fingerprint density at radius 3 is 2.52 bits per heavy atom. The van der Waals surface area contributed by atoms with Crippen LogP contribution < -0.4 is 10.2 Å². The van der Waals surface area contributed by atoms with Crippen molar-refractivity contribution in [2.24, 2.45) is 5.92 Å². The number of rotatable bonds is 6. The molecule has 0 unspecified atom stereocenters. The number of benzene rings is 2. The van der Waals surface area contributed by atoms with Gasteiger partial charge in [-0.25, -0.2) is 0 Å². The van der Waals surface area contributed by atoms with E-state index in [9.17, 15) is 27.6 Å². The number of carbonyl (C=O) groups is 3. The molecule has 2 aromatic rings. The molecule has 0 spiro atoms. The molecule has 9 heteroatoms. The van der Waals surface area contributed by atoms with Gasteiger partial charge < -0.3 is 15.0 Å². The lowest BCUT2D eigenvalue weighted by molar-refractivity contribution is -0.151. The third-order valence-corrected chi connectivity index (χ3v) is 4.93. The number of halogens is 3. The monoisotopic (exact) mass is 434 g/mol. The van der Waals surface area contributed by atoms with Gasteiger partial charge in [0.15, 0.2) is 6.61 Å². The highest BCUT2D eigenvalue weighted by molar-refractivity contribution is 6.00. The van der Waals surface area contributed by atoms with E-state index in [1.54, 1.807) is 0 Å². The van der Waals surface area contributed by atoms with E-state index >= 15 is 0 Å². The number of amides is 2. The molecule has 0 bridgehead atoms. The zero-order valence-corrected chi connectivity index (χ0v) is 16.7. The van der Waals surface area contributed by atoms with E-state index in [1.165, 1.54) is 11.0 Å². The quantitative estimate of drug-likeness (QED) is 0.702. The Balaban J connectivity index is 1.52. The van der Waals surface area contributed by atoms with Gasteiger partial charge in [-0.2, -0.15) is 13.2 Å². The van der Waals surface area contributed by atoms with Crippen LogP contribution in [-0.4, -0.2) is 30.9 Å². The Morgan fingerprint density at radius 2 is 1.87 bits per heavy atom. The second kappa shape index (κ2) is 9.20. The minimum Gasteiger partial charge on any atom is -0.455 e. The normalized spacial score (nSPS) is 16.3. The molecule has 31 heavy (non-hydrogen) atoms. The van der Waals surface area contributed by atoms with Crippen molar-refractivity contribution in [1.29, 1.82) is 0 Å². The fourth-order valence-corrected chi connectivity index (χ4v) is 3.25. The molecule has 1 aliphatic heterocycles. The molecule has 3 rings (SSSR count). The van der Waals surface area contributed by atoms with Gasteiger partial charge in [-0.15, -0.1) is 0 Å². The summed E-state index contributed by atoms with van der Waals surface area (Å²) in [5.41, 5.74) is 0.838. The van der Waals surface area contributed by atoms with Crippen LogP contribution >= 0.6 is 0 Å². The van der Waals surface area contributed by atoms with E-state index in [4.69, 9.17) is 4.74 Å². The van der Waals surface area contributed by atoms with Crippen molar-refractivity contribution in [2.45, 2.75) is 25.9 Å². The predicted molar refractivity (Wildman–Crippen MR) is 107 cm³/mol. The first-order chi connectivity index (χ1) is 14.7. The summed E-state index contributed by atoms with van der Waals surface area (Å²) < 4.78 is 43.2. The highest BCUT2D eigenvalue weighted by atomic mass is 19.4. The summed E-state index contributed by atoms with van der Waals surface area (Å²) in [6, 6.07) is 11.6. The van der Waals surface area contributed by atoms with E-state index in [0.29, 0.717) is 5.69 Å². The lowest BCUT2D eigenvalue weighted by atomic mass is 10.1. The highest BCUT2D eigenvalue weighted by Gasteiger charge is 2.36. The molecular weight excluding hydrogens is 413 g/mol. The van der Waals surface area contributed by atoms with Gasteiger partial charge in [-0.1, -0.05) is 25.1 Å². The number of carbonyl (C=O) groups excluding carboxylic acids is 3. The summed E-state index contributed by atoms with van der Waals surface area (Å²) in [5, 5.41) is 2.26. The van der Waals surface area contributed by atoms with Crippen LogP contribution in [0.1, 0.15) is 24.5 Å². The van der Waals surface area contributed by atoms with Crippen LogP contribution in [0.4, 0.5) is 24.5 Å². The number of nitrogens with zero attached hydrogens (tertiary/aromatic N) is 1. The Hall–Kier alpha value is -3.36. The van der Waals surface area contributed by atoms with Crippen LogP contribution in [0.25, 0.3) is 0 Å². The summed E-state index contributed by atoms with van der Waals surface area (Å²) in [5.74, 6) is -2.43. The number of alkyl halides is 3. The van der Waals surface area contributed by atoms with Crippen molar-refractivity contribution in [3.05, 3.63) is 59.7 Å². The highest BCUT2D eigenvalue weighted by Crippen LogP contribution is 2.30. The molecule has 6 nitrogen and oxygen atoms in total. The largest absolute Gasteiger partial charge is 0.455 e. The Bertz CT molecular complexity index is 973. The molecular formula is C22H21F3N2O4. The van der Waals surface area contributed by atoms with Crippen molar-refractivity contribution in [3.8, 4) is 0 Å². The van der Waals surface area contributed by atoms with Gasteiger partial charge in [-0.3, -0.25) is 14.4 Å². The first kappa shape index (κ1) is 22.3. The third-order valence-electron chi connectivity index (χ3n) is 4.93. The molecule has 0 radical (unpaired) electrons. The zero-order chi connectivity index (χ0) is 22.6. The molecule has 1 atom stereocenters. The molecule has 164 valence electrons. The Kier molecular flexibility index (Phi) is 6.62. The fraction of sp³-hybridized carbons (Fsp3) is 0.318. The van der Waals surface area contributed by atoms with Crippen molar-refractivity contribution >= 4 is 29.2 Å². The van der Waals surface area contributed by atoms with Crippen LogP contribution in [0.3, 0.4) is 0 Å². The summed E-state index contributed by atoms with van der Waals surface area (Å²) in [6.45, 7) is 1.49. The smallest absolute Gasteiger partial charge is 0.416 e. The van der Waals surface area contributed by atoms with Gasteiger partial charge in [-0.05, 0) is 42.3 Å². The predicted octanol–water partition coefficient (Wildman–Crippen LogP) is 3.80. The first-order valence-corrected chi connectivity index (χ1v) is 9.70. The zero-order valence-electron chi connectivity index (χ0n) is 16.7. The lowest BCUT2D eigenvalue weighted by Gasteiger charge is -2.17. The van der Waals surface area contributed by atoms with E-state index in [1.807, 2.05) is 31.2 Å². The number of aryl methyl sites for hydroxylation is 1. The van der Waals surface area contributed by atoms with Gasteiger partial charge in [0.2, 0.25) is 5.91 Å². The second-order valence-electron chi connectivity index (χ2n) is 7.16. The average molecular weight is 434 g/mol. The van der Waals surface area contributed by atoms with Gasteiger partial charge in [0.1, 0.15) is 0 Å². The van der Waals surface area contributed by atoms with Crippen LogP contribution in [-0.2, 0) is 31.7 Å². The van der Waals surface area contributed by atoms with Crippen molar-refractivity contribution in [1.82, 2.24) is 0 Å². The van der Waals surface area contributed by atoms with E-state index < -0.39 is 36.1 Å². The van der Waals surface area contributed by atoms with Crippen molar-refractivity contribution < 1.29 is 32.3 Å². The molecule has 0 aliphatic carbocycles. The lowest BCUT2D eigenvalue weighted by Crippen LogP contribution is -2.28. The number of ether oxygens (including phenoxy) is 1. The molecule has 2 aromatic carbocycles. The standard InChI is InChI=1S/C22H21F3N2O4/c1-2-14-6-8-18(9-7-14)27-12-15(10-20(27)29)21(30)31-13-19(28)26-17-5-3-4-16(11-17)22(23,24)25/h3-9,11,15H,2,10,12-13H2,1H3,(H,26,28)/t15-/m0/s1. The number of nitrogens with one attached hydrogen (secondary N) is 1. The molecule has 0 saturated carbocycles. The average Bonchev–Trinajstić information content (AvgIpc) is 3.13. The van der Waals surface area contributed by atoms with Gasteiger partial charge in [0, 0.05) is 24.3 Å². The maximum Gasteiger partial charge on any atom is 0.416 e. The summed E-state index contributed by atoms with van der Waals surface area (Å²) in [6.07, 6.45) is -3.71. The molecule has 1 fully saturated rings. The number of esters is 1. The third kappa shape index (κ3) is 5.62. The molecule has 2 amide bonds. The molecule has 1 heterocycles. The van der Waals surface area contributed by atoms with Crippen LogP contribution in [0.5, 0.6) is 0 Å². The molecule has 1 aliphatic rings. The number of anilines is 2. The first-order valence-electron chi connectivity index (χ1n) is 9.70. The van der Waals surface area contributed by atoms with E-state index in [-0.39, 0.29) is 24.6 Å². The van der Waals surface area contributed by atoms with E-state index in [2.05, 4.69) is 5.32 Å². The Morgan fingerprint density at radius 1 is 1.16 bits per heavy atom. The summed E-state index contributed by atoms with van der Waals surface area (Å²) in [7, 11) is 0. The number of hydrogen-bond acceptors (Lipinski definition) is 4. The van der Waals surface area contributed by atoms with E-state index in [0.717, 1.165) is 30.2 Å². The fourth-order valence-electron chi connectivity index (χ4n) is 3.25. The summed E-state index contributed by atoms with van der Waals surface area (Å²) >= 11 is 0. The Labute approximate surface area is 177 Å². The molecule has 1 saturated heterocycles. The number of hydrogen-bond donors (Lipinski definition) is 1. The van der Waals surface area contributed by atoms with Crippen molar-refractivity contribution in [2.75, 3.05) is 23.4 Å². The van der Waals surface area contributed by atoms with Crippen LogP contribution in [0, 0.1) is 5.92 Å². The molecule has 1 N–H and O–H groups in total. The SMILES string of the molecule is CCc1ccc(N2C[C@@H](C(=O)OCC(=O)Nc3cccc(C(F)(F)F)c3)CC2=O)cc1. The minimum absolute atomic E-state index is 0.0381. The van der Waals surface area contributed by atoms with Crippen molar-refractivity contribution in [3.63, 3.8) is 0 Å².